The van der Waals surface area contributed by atoms with Crippen LogP contribution in [-0.4, -0.2) is 47.6 Å². The van der Waals surface area contributed by atoms with E-state index in [0.717, 1.165) is 12.8 Å². The Bertz CT molecular complexity index is 392. The molecule has 3 aliphatic rings. The van der Waals surface area contributed by atoms with Gasteiger partial charge in [0.25, 0.3) is 0 Å². The third kappa shape index (κ3) is 3.12. The van der Waals surface area contributed by atoms with E-state index in [1.165, 1.54) is 0 Å². The van der Waals surface area contributed by atoms with E-state index in [9.17, 15) is 9.90 Å². The van der Waals surface area contributed by atoms with Gasteiger partial charge < -0.3 is 19.9 Å². The normalized spacial score (nSPS) is 41.7. The Hall–Kier alpha value is -0.180. The van der Waals surface area contributed by atoms with E-state index < -0.39 is 11.7 Å². The number of aliphatic hydroxyl groups excluding tert-OH is 1. The van der Waals surface area contributed by atoms with Crippen LogP contribution < -0.4 is 5.32 Å². The Morgan fingerprint density at radius 3 is 2.84 bits per heavy atom. The maximum absolute atomic E-state index is 11.8. The smallest absolute Gasteiger partial charge is 0.222 e. The molecule has 2 aliphatic heterocycles. The van der Waals surface area contributed by atoms with E-state index in [0.29, 0.717) is 25.5 Å². The van der Waals surface area contributed by atoms with Gasteiger partial charge in [-0.3, -0.25) is 4.79 Å². The molecule has 2 heterocycles. The fourth-order valence-electron chi connectivity index (χ4n) is 2.60. The second kappa shape index (κ2) is 5.31. The Kier molecular flexibility index (Phi) is 3.85. The van der Waals surface area contributed by atoms with Gasteiger partial charge in [0, 0.05) is 12.5 Å². The summed E-state index contributed by atoms with van der Waals surface area (Å²) >= 11 is 2.10. The number of rotatable bonds is 4. The molecule has 0 bridgehead atoms. The molecular formula is C13H18INO4. The summed E-state index contributed by atoms with van der Waals surface area (Å²) in [6.45, 7) is 0.559. The van der Waals surface area contributed by atoms with Gasteiger partial charge in [0.05, 0.1) is 19.1 Å². The zero-order valence-corrected chi connectivity index (χ0v) is 12.7. The molecule has 2 N–H and O–H groups in total. The Balaban J connectivity index is 1.60. The van der Waals surface area contributed by atoms with Gasteiger partial charge in [-0.1, -0.05) is 22.6 Å². The molecule has 106 valence electrons. The molecule has 0 radical (unpaired) electrons. The Labute approximate surface area is 125 Å². The maximum Gasteiger partial charge on any atom is 0.222 e. The average molecular weight is 379 g/mol. The van der Waals surface area contributed by atoms with Crippen molar-refractivity contribution in [2.24, 2.45) is 0 Å². The molecule has 3 rings (SSSR count). The van der Waals surface area contributed by atoms with Crippen molar-refractivity contribution in [3.8, 4) is 0 Å². The first-order chi connectivity index (χ1) is 9.13. The first kappa shape index (κ1) is 13.8. The summed E-state index contributed by atoms with van der Waals surface area (Å²) in [5.74, 6) is 0.0388. The summed E-state index contributed by atoms with van der Waals surface area (Å²) in [7, 11) is 0. The molecule has 1 aliphatic carbocycles. The third-order valence-electron chi connectivity index (χ3n) is 3.91. The summed E-state index contributed by atoms with van der Waals surface area (Å²) in [5, 5.41) is 13.2. The van der Waals surface area contributed by atoms with E-state index in [-0.39, 0.29) is 18.1 Å². The van der Waals surface area contributed by atoms with Crippen LogP contribution in [0.15, 0.2) is 10.2 Å². The summed E-state index contributed by atoms with van der Waals surface area (Å²) in [6.07, 6.45) is 3.74. The number of ether oxygens (including phenoxy) is 2. The zero-order valence-electron chi connectivity index (χ0n) is 10.5. The van der Waals surface area contributed by atoms with Crippen molar-refractivity contribution in [3.05, 3.63) is 10.2 Å². The van der Waals surface area contributed by atoms with Crippen LogP contribution >= 0.6 is 22.6 Å². The minimum absolute atomic E-state index is 0.0388. The molecule has 19 heavy (non-hydrogen) atoms. The van der Waals surface area contributed by atoms with Crippen molar-refractivity contribution in [2.75, 3.05) is 6.61 Å². The number of epoxide rings is 1. The van der Waals surface area contributed by atoms with Crippen LogP contribution in [0.5, 0.6) is 0 Å². The molecule has 3 fully saturated rings. The van der Waals surface area contributed by atoms with Gasteiger partial charge in [-0.05, 0) is 23.0 Å². The highest BCUT2D eigenvalue weighted by atomic mass is 127. The maximum atomic E-state index is 11.8. The number of carbonyl (C=O) groups is 1. The third-order valence-corrected chi connectivity index (χ3v) is 4.32. The van der Waals surface area contributed by atoms with Crippen LogP contribution in [0.2, 0.25) is 0 Å². The molecule has 1 saturated carbocycles. The van der Waals surface area contributed by atoms with Crippen molar-refractivity contribution in [2.45, 2.75) is 55.6 Å². The highest BCUT2D eigenvalue weighted by molar-refractivity contribution is 14.1. The van der Waals surface area contributed by atoms with Crippen molar-refractivity contribution >= 4 is 28.5 Å². The minimum Gasteiger partial charge on any atom is -0.387 e. The van der Waals surface area contributed by atoms with E-state index >= 15 is 0 Å². The molecule has 1 spiro atoms. The second-order valence-electron chi connectivity index (χ2n) is 5.59. The zero-order chi connectivity index (χ0) is 13.5. The number of halogens is 1. The van der Waals surface area contributed by atoms with E-state index in [1.54, 1.807) is 0 Å². The fourth-order valence-corrected chi connectivity index (χ4v) is 3.00. The van der Waals surface area contributed by atoms with Crippen LogP contribution in [0, 0.1) is 0 Å². The van der Waals surface area contributed by atoms with E-state index in [1.807, 2.05) is 10.2 Å². The van der Waals surface area contributed by atoms with Gasteiger partial charge in [0.15, 0.2) is 0 Å². The van der Waals surface area contributed by atoms with Crippen LogP contribution in [0.3, 0.4) is 0 Å². The lowest BCUT2D eigenvalue weighted by Crippen LogP contribution is -2.50. The summed E-state index contributed by atoms with van der Waals surface area (Å²) in [6, 6.07) is 0.373. The molecule has 1 amide bonds. The predicted molar refractivity (Wildman–Crippen MR) is 76.9 cm³/mol. The van der Waals surface area contributed by atoms with E-state index in [4.69, 9.17) is 9.47 Å². The molecule has 5 nitrogen and oxygen atoms in total. The van der Waals surface area contributed by atoms with Gasteiger partial charge in [-0.2, -0.15) is 0 Å². The number of amides is 1. The molecular weight excluding hydrogens is 361 g/mol. The molecule has 0 aromatic rings. The summed E-state index contributed by atoms with van der Waals surface area (Å²) < 4.78 is 13.1. The van der Waals surface area contributed by atoms with Crippen LogP contribution in [0.1, 0.15) is 25.7 Å². The van der Waals surface area contributed by atoms with Crippen LogP contribution in [0.25, 0.3) is 0 Å². The van der Waals surface area contributed by atoms with Crippen molar-refractivity contribution < 1.29 is 19.4 Å². The summed E-state index contributed by atoms with van der Waals surface area (Å²) in [5.41, 5.74) is -0.483. The number of aliphatic hydroxyl groups is 1. The molecule has 2 saturated heterocycles. The molecule has 0 unspecified atom stereocenters. The number of nitrogens with one attached hydrogen (secondary N) is 1. The minimum atomic E-state index is -0.638. The first-order valence-electron chi connectivity index (χ1n) is 6.67. The number of hydrogen-bond acceptors (Lipinski definition) is 4. The van der Waals surface area contributed by atoms with Crippen LogP contribution in [0.4, 0.5) is 0 Å². The van der Waals surface area contributed by atoms with Crippen molar-refractivity contribution in [1.82, 2.24) is 5.32 Å². The number of hydrogen-bond donors (Lipinski definition) is 2. The SMILES string of the molecule is O=C(C[C@@H]1C[C@@]2(CO2)[C@H](O)[C@@H](/C=C/I)O1)NC1CC1. The number of carbonyl (C=O) groups excluding carboxylic acids is 1. The Morgan fingerprint density at radius 2 is 2.26 bits per heavy atom. The second-order valence-corrected chi connectivity index (χ2v) is 6.31. The predicted octanol–water partition coefficient (Wildman–Crippen LogP) is 0.891. The highest BCUT2D eigenvalue weighted by Gasteiger charge is 2.58. The van der Waals surface area contributed by atoms with Gasteiger partial charge in [-0.15, -0.1) is 0 Å². The molecule has 0 aromatic heterocycles. The van der Waals surface area contributed by atoms with Crippen LogP contribution in [-0.2, 0) is 14.3 Å². The lowest BCUT2D eigenvalue weighted by molar-refractivity contribution is -0.145. The van der Waals surface area contributed by atoms with Gasteiger partial charge in [0.2, 0.25) is 5.91 Å². The van der Waals surface area contributed by atoms with Crippen molar-refractivity contribution in [3.63, 3.8) is 0 Å². The quantitative estimate of drug-likeness (QED) is 0.563. The Morgan fingerprint density at radius 1 is 1.53 bits per heavy atom. The standard InChI is InChI=1S/C13H18INO4/c14-4-3-10-12(17)13(7-18-13)6-9(19-10)5-11(16)15-8-1-2-8/h3-4,8-10,12,17H,1-2,5-7H2,(H,15,16)/b4-3+/t9-,10-,12-,13-/m1/s1. The van der Waals surface area contributed by atoms with Gasteiger partial charge in [0.1, 0.15) is 17.8 Å². The van der Waals surface area contributed by atoms with Gasteiger partial charge >= 0.3 is 0 Å². The molecule has 4 atom stereocenters. The largest absolute Gasteiger partial charge is 0.387 e. The fraction of sp³-hybridized carbons (Fsp3) is 0.769. The molecule has 6 heteroatoms. The molecule has 0 aromatic carbocycles. The monoisotopic (exact) mass is 379 g/mol. The van der Waals surface area contributed by atoms with Crippen molar-refractivity contribution in [1.29, 1.82) is 0 Å². The lowest BCUT2D eigenvalue weighted by Gasteiger charge is -2.36. The van der Waals surface area contributed by atoms with Gasteiger partial charge in [-0.25, -0.2) is 0 Å². The lowest BCUT2D eigenvalue weighted by atomic mass is 9.88. The average Bonchev–Trinajstić information content (AvgIpc) is 3.24. The topological polar surface area (TPSA) is 71.1 Å². The summed E-state index contributed by atoms with van der Waals surface area (Å²) in [4.78, 5) is 11.8. The first-order valence-corrected chi connectivity index (χ1v) is 7.91. The van der Waals surface area contributed by atoms with E-state index in [2.05, 4.69) is 27.9 Å². The highest BCUT2D eigenvalue weighted by Crippen LogP contribution is 2.43.